The molecule has 0 aromatic carbocycles. The third-order valence-corrected chi connectivity index (χ3v) is 2.59. The molecule has 2 nitrogen and oxygen atoms in total. The summed E-state index contributed by atoms with van der Waals surface area (Å²) in [5.41, 5.74) is 1.36. The molecule has 1 saturated heterocycles. The van der Waals surface area contributed by atoms with E-state index in [2.05, 4.69) is 23.0 Å². The van der Waals surface area contributed by atoms with Gasteiger partial charge in [-0.3, -0.25) is 9.88 Å². The van der Waals surface area contributed by atoms with Crippen LogP contribution < -0.4 is 0 Å². The summed E-state index contributed by atoms with van der Waals surface area (Å²) in [6, 6.07) is 4.79. The topological polar surface area (TPSA) is 16.1 Å². The Balaban J connectivity index is 0.000000845. The van der Waals surface area contributed by atoms with E-state index in [0.29, 0.717) is 6.04 Å². The van der Waals surface area contributed by atoms with Gasteiger partial charge in [0.2, 0.25) is 0 Å². The van der Waals surface area contributed by atoms with Gasteiger partial charge >= 0.3 is 0 Å². The molecule has 1 radical (unpaired) electrons. The minimum absolute atomic E-state index is 0. The maximum absolute atomic E-state index is 4.14. The Bertz CT molecular complexity index is 250. The molecule has 0 amide bonds. The van der Waals surface area contributed by atoms with Crippen molar-refractivity contribution < 1.29 is 16.8 Å². The minimum Gasteiger partial charge on any atom is -0.299 e. The number of pyridine rings is 1. The van der Waals surface area contributed by atoms with Crippen LogP contribution in [0.3, 0.4) is 0 Å². The molecule has 2 rings (SSSR count). The largest absolute Gasteiger partial charge is 0.299 e. The summed E-state index contributed by atoms with van der Waals surface area (Å²) in [6.45, 7) is 1.22. The van der Waals surface area contributed by atoms with Crippen LogP contribution in [0.1, 0.15) is 24.4 Å². The Morgan fingerprint density at radius 2 is 2.38 bits per heavy atom. The molecule has 3 heteroatoms. The molecule has 1 aromatic rings. The Labute approximate surface area is 89.5 Å². The van der Waals surface area contributed by atoms with Crippen LogP contribution in [0.25, 0.3) is 0 Å². The van der Waals surface area contributed by atoms with Gasteiger partial charge in [0.15, 0.2) is 0 Å². The summed E-state index contributed by atoms with van der Waals surface area (Å²) >= 11 is 0. The summed E-state index contributed by atoms with van der Waals surface area (Å²) in [5.74, 6) is 0. The van der Waals surface area contributed by atoms with E-state index in [0.717, 1.165) is 0 Å². The van der Waals surface area contributed by atoms with Gasteiger partial charge in [0.1, 0.15) is 0 Å². The molecule has 0 N–H and O–H groups in total. The molecule has 0 spiro atoms. The van der Waals surface area contributed by atoms with Crippen molar-refractivity contribution in [3.8, 4) is 0 Å². The quantitative estimate of drug-likeness (QED) is 0.719. The van der Waals surface area contributed by atoms with E-state index in [1.54, 1.807) is 0 Å². The fourth-order valence-electron chi connectivity index (χ4n) is 1.90. The second-order valence-corrected chi connectivity index (χ2v) is 3.42. The molecule has 1 unspecified atom stereocenters. The van der Waals surface area contributed by atoms with Crippen molar-refractivity contribution in [3.63, 3.8) is 0 Å². The predicted octanol–water partition coefficient (Wildman–Crippen LogP) is 1.85. The molecule has 0 bridgehead atoms. The molecule has 1 fully saturated rings. The van der Waals surface area contributed by atoms with Crippen LogP contribution >= 0.6 is 0 Å². The third kappa shape index (κ3) is 2.30. The first-order valence-corrected chi connectivity index (χ1v) is 4.48. The smallest absolute Gasteiger partial charge is 0.0360 e. The second-order valence-electron chi connectivity index (χ2n) is 3.42. The van der Waals surface area contributed by atoms with Crippen LogP contribution in [-0.4, -0.2) is 23.5 Å². The number of aromatic nitrogens is 1. The molecule has 2 heterocycles. The van der Waals surface area contributed by atoms with Gasteiger partial charge in [-0.15, -0.1) is 0 Å². The van der Waals surface area contributed by atoms with Crippen LogP contribution in [0, 0.1) is 0 Å². The Morgan fingerprint density at radius 3 is 2.92 bits per heavy atom. The predicted molar refractivity (Wildman–Crippen MR) is 48.8 cm³/mol. The number of nitrogens with zero attached hydrogens (tertiary/aromatic N) is 2. The van der Waals surface area contributed by atoms with Crippen molar-refractivity contribution in [2.45, 2.75) is 18.9 Å². The second kappa shape index (κ2) is 4.74. The molecule has 73 valence electrons. The van der Waals surface area contributed by atoms with E-state index in [-0.39, 0.29) is 16.8 Å². The molecule has 1 aliphatic heterocycles. The van der Waals surface area contributed by atoms with Gasteiger partial charge in [-0.05, 0) is 38.1 Å². The monoisotopic (exact) mass is 221 g/mol. The first kappa shape index (κ1) is 10.7. The van der Waals surface area contributed by atoms with Crippen LogP contribution in [0.15, 0.2) is 24.5 Å². The molecule has 13 heavy (non-hydrogen) atoms. The summed E-state index contributed by atoms with van der Waals surface area (Å²) in [5, 5.41) is 0. The van der Waals surface area contributed by atoms with Crippen molar-refractivity contribution in [1.29, 1.82) is 0 Å². The van der Waals surface area contributed by atoms with Crippen LogP contribution in [0.2, 0.25) is 0 Å². The van der Waals surface area contributed by atoms with Crippen molar-refractivity contribution >= 4 is 0 Å². The average Bonchev–Trinajstić information content (AvgIpc) is 2.53. The first-order valence-electron chi connectivity index (χ1n) is 4.48. The molecule has 0 aliphatic carbocycles. The molecule has 1 aromatic heterocycles. The first-order chi connectivity index (χ1) is 5.88. The normalized spacial score (nSPS) is 22.7. The van der Waals surface area contributed by atoms with Crippen LogP contribution in [0.5, 0.6) is 0 Å². The van der Waals surface area contributed by atoms with Gasteiger partial charge in [0.05, 0.1) is 0 Å². The van der Waals surface area contributed by atoms with Crippen molar-refractivity contribution in [1.82, 2.24) is 9.88 Å². The van der Waals surface area contributed by atoms with E-state index in [9.17, 15) is 0 Å². The zero-order chi connectivity index (χ0) is 8.39. The van der Waals surface area contributed by atoms with Gasteiger partial charge in [-0.25, -0.2) is 0 Å². The third-order valence-electron chi connectivity index (χ3n) is 2.59. The van der Waals surface area contributed by atoms with E-state index < -0.39 is 0 Å². The van der Waals surface area contributed by atoms with Crippen molar-refractivity contribution in [3.05, 3.63) is 30.1 Å². The standard InChI is InChI=1S/C10H14N2.Co/c1-12-7-3-5-10(12)9-4-2-6-11-8-9;/h2,4,6,8,10H,3,5,7H2,1H3;. The van der Waals surface area contributed by atoms with Crippen LogP contribution in [0.4, 0.5) is 0 Å². The summed E-state index contributed by atoms with van der Waals surface area (Å²) in [6.07, 6.45) is 6.41. The Hall–Kier alpha value is -0.384. The molecular formula is C10H14CoN2. The van der Waals surface area contributed by atoms with Gasteiger partial charge in [0, 0.05) is 35.2 Å². The Kier molecular flexibility index (Phi) is 3.90. The Morgan fingerprint density at radius 1 is 1.54 bits per heavy atom. The summed E-state index contributed by atoms with van der Waals surface area (Å²) < 4.78 is 0. The van der Waals surface area contributed by atoms with E-state index in [4.69, 9.17) is 0 Å². The fourth-order valence-corrected chi connectivity index (χ4v) is 1.90. The van der Waals surface area contributed by atoms with Crippen LogP contribution in [-0.2, 0) is 16.8 Å². The number of likely N-dealkylation sites (tertiary alicyclic amines) is 1. The van der Waals surface area contributed by atoms with Gasteiger partial charge in [-0.2, -0.15) is 0 Å². The van der Waals surface area contributed by atoms with Gasteiger partial charge in [0.25, 0.3) is 0 Å². The van der Waals surface area contributed by atoms with E-state index in [1.807, 2.05) is 18.5 Å². The van der Waals surface area contributed by atoms with Gasteiger partial charge in [-0.1, -0.05) is 6.07 Å². The van der Waals surface area contributed by atoms with Crippen molar-refractivity contribution in [2.75, 3.05) is 13.6 Å². The zero-order valence-electron chi connectivity index (χ0n) is 7.74. The van der Waals surface area contributed by atoms with E-state index >= 15 is 0 Å². The molecule has 1 aliphatic rings. The summed E-state index contributed by atoms with van der Waals surface area (Å²) in [4.78, 5) is 6.54. The summed E-state index contributed by atoms with van der Waals surface area (Å²) in [7, 11) is 2.19. The fraction of sp³-hybridized carbons (Fsp3) is 0.500. The number of hydrogen-bond acceptors (Lipinski definition) is 2. The molecular weight excluding hydrogens is 207 g/mol. The average molecular weight is 221 g/mol. The maximum Gasteiger partial charge on any atom is 0.0360 e. The molecule has 0 saturated carbocycles. The SMILES string of the molecule is CN1CCCC1c1cccnc1.[Co]. The minimum atomic E-state index is 0. The van der Waals surface area contributed by atoms with Gasteiger partial charge < -0.3 is 0 Å². The zero-order valence-corrected chi connectivity index (χ0v) is 8.78. The molecule has 1 atom stereocenters. The van der Waals surface area contributed by atoms with Crippen molar-refractivity contribution in [2.24, 2.45) is 0 Å². The number of hydrogen-bond donors (Lipinski definition) is 0. The number of rotatable bonds is 1. The maximum atomic E-state index is 4.14. The van der Waals surface area contributed by atoms with E-state index in [1.165, 1.54) is 24.9 Å².